The zero-order chi connectivity index (χ0) is 12.3. The third-order valence-electron chi connectivity index (χ3n) is 3.04. The van der Waals surface area contributed by atoms with Crippen molar-refractivity contribution >= 4 is 0 Å². The van der Waals surface area contributed by atoms with Crippen LogP contribution in [0.5, 0.6) is 11.5 Å². The highest BCUT2D eigenvalue weighted by Gasteiger charge is 2.21. The van der Waals surface area contributed by atoms with Crippen molar-refractivity contribution in [2.24, 2.45) is 5.73 Å². The SMILES string of the molecule is COc1cc(C(C)(C)CN)cc(OC)c1C. The molecule has 0 aliphatic rings. The van der Waals surface area contributed by atoms with E-state index >= 15 is 0 Å². The minimum absolute atomic E-state index is 0.0751. The molecule has 16 heavy (non-hydrogen) atoms. The lowest BCUT2D eigenvalue weighted by Gasteiger charge is -2.25. The molecule has 0 aliphatic carbocycles. The Hall–Kier alpha value is -1.22. The Kier molecular flexibility index (Phi) is 3.81. The molecule has 0 saturated carbocycles. The van der Waals surface area contributed by atoms with Crippen LogP contribution in [0.25, 0.3) is 0 Å². The van der Waals surface area contributed by atoms with Gasteiger partial charge < -0.3 is 15.2 Å². The molecule has 0 fully saturated rings. The Morgan fingerprint density at radius 1 is 1.12 bits per heavy atom. The molecule has 3 heteroatoms. The summed E-state index contributed by atoms with van der Waals surface area (Å²) in [5.41, 5.74) is 7.85. The van der Waals surface area contributed by atoms with Gasteiger partial charge in [-0.1, -0.05) is 13.8 Å². The fourth-order valence-electron chi connectivity index (χ4n) is 1.59. The molecule has 0 atom stereocenters. The van der Waals surface area contributed by atoms with Gasteiger partial charge in [-0.25, -0.2) is 0 Å². The van der Waals surface area contributed by atoms with Crippen LogP contribution in [0.2, 0.25) is 0 Å². The summed E-state index contributed by atoms with van der Waals surface area (Å²) in [7, 11) is 3.34. The van der Waals surface area contributed by atoms with Crippen molar-refractivity contribution in [2.75, 3.05) is 20.8 Å². The predicted octanol–water partition coefficient (Wildman–Crippen LogP) is 2.25. The van der Waals surface area contributed by atoms with Crippen LogP contribution in [-0.2, 0) is 5.41 Å². The van der Waals surface area contributed by atoms with Crippen molar-refractivity contribution in [3.05, 3.63) is 23.3 Å². The number of rotatable bonds is 4. The van der Waals surface area contributed by atoms with Crippen LogP contribution in [0.15, 0.2) is 12.1 Å². The van der Waals surface area contributed by atoms with Gasteiger partial charge in [0.25, 0.3) is 0 Å². The van der Waals surface area contributed by atoms with Gasteiger partial charge in [-0.05, 0) is 24.6 Å². The minimum Gasteiger partial charge on any atom is -0.496 e. The molecule has 0 bridgehead atoms. The quantitative estimate of drug-likeness (QED) is 0.851. The molecule has 0 saturated heterocycles. The van der Waals surface area contributed by atoms with Crippen LogP contribution < -0.4 is 15.2 Å². The normalized spacial score (nSPS) is 11.4. The fourth-order valence-corrected chi connectivity index (χ4v) is 1.59. The molecular weight excluding hydrogens is 202 g/mol. The standard InChI is InChI=1S/C13H21NO2/c1-9-11(15-4)6-10(7-12(9)16-5)13(2,3)8-14/h6-7H,8,14H2,1-5H3. The molecule has 1 aromatic carbocycles. The maximum Gasteiger partial charge on any atom is 0.125 e. The summed E-state index contributed by atoms with van der Waals surface area (Å²) < 4.78 is 10.7. The lowest BCUT2D eigenvalue weighted by atomic mass is 9.84. The summed E-state index contributed by atoms with van der Waals surface area (Å²) >= 11 is 0. The van der Waals surface area contributed by atoms with Crippen molar-refractivity contribution in [3.8, 4) is 11.5 Å². The Balaban J connectivity index is 3.32. The van der Waals surface area contributed by atoms with Gasteiger partial charge in [-0.3, -0.25) is 0 Å². The van der Waals surface area contributed by atoms with Crippen LogP contribution in [-0.4, -0.2) is 20.8 Å². The van der Waals surface area contributed by atoms with E-state index in [0.29, 0.717) is 6.54 Å². The number of hydrogen-bond donors (Lipinski definition) is 1. The average molecular weight is 223 g/mol. The van der Waals surface area contributed by atoms with Crippen LogP contribution in [0, 0.1) is 6.92 Å². The number of hydrogen-bond acceptors (Lipinski definition) is 3. The Morgan fingerprint density at radius 3 is 1.88 bits per heavy atom. The maximum atomic E-state index is 5.78. The first-order valence-electron chi connectivity index (χ1n) is 5.39. The van der Waals surface area contributed by atoms with Crippen LogP contribution in [0.4, 0.5) is 0 Å². The average Bonchev–Trinajstić information content (AvgIpc) is 2.29. The second-order valence-corrected chi connectivity index (χ2v) is 4.59. The van der Waals surface area contributed by atoms with Gasteiger partial charge in [0.1, 0.15) is 11.5 Å². The van der Waals surface area contributed by atoms with E-state index in [2.05, 4.69) is 13.8 Å². The van der Waals surface area contributed by atoms with Gasteiger partial charge in [0.05, 0.1) is 14.2 Å². The first-order chi connectivity index (χ1) is 7.46. The van der Waals surface area contributed by atoms with Gasteiger partial charge in [-0.15, -0.1) is 0 Å². The first-order valence-corrected chi connectivity index (χ1v) is 5.39. The molecule has 0 spiro atoms. The molecule has 90 valence electrons. The van der Waals surface area contributed by atoms with Crippen molar-refractivity contribution in [1.82, 2.24) is 0 Å². The van der Waals surface area contributed by atoms with E-state index in [0.717, 1.165) is 22.6 Å². The van der Waals surface area contributed by atoms with Crippen molar-refractivity contribution in [1.29, 1.82) is 0 Å². The van der Waals surface area contributed by atoms with E-state index in [-0.39, 0.29) is 5.41 Å². The zero-order valence-electron chi connectivity index (χ0n) is 10.8. The van der Waals surface area contributed by atoms with E-state index in [9.17, 15) is 0 Å². The summed E-state index contributed by atoms with van der Waals surface area (Å²) in [6.07, 6.45) is 0. The van der Waals surface area contributed by atoms with E-state index in [4.69, 9.17) is 15.2 Å². The molecule has 1 aromatic rings. The molecule has 0 heterocycles. The summed E-state index contributed by atoms with van der Waals surface area (Å²) in [5, 5.41) is 0. The highest BCUT2D eigenvalue weighted by atomic mass is 16.5. The Labute approximate surface area is 97.6 Å². The van der Waals surface area contributed by atoms with Gasteiger partial charge in [0, 0.05) is 17.5 Å². The smallest absolute Gasteiger partial charge is 0.125 e. The molecule has 0 amide bonds. The summed E-state index contributed by atoms with van der Waals surface area (Å²) in [6, 6.07) is 4.06. The Morgan fingerprint density at radius 2 is 1.56 bits per heavy atom. The monoisotopic (exact) mass is 223 g/mol. The highest BCUT2D eigenvalue weighted by Crippen LogP contribution is 2.34. The molecule has 0 aromatic heterocycles. The van der Waals surface area contributed by atoms with Crippen LogP contribution in [0.3, 0.4) is 0 Å². The molecule has 2 N–H and O–H groups in total. The second-order valence-electron chi connectivity index (χ2n) is 4.59. The van der Waals surface area contributed by atoms with E-state index < -0.39 is 0 Å². The van der Waals surface area contributed by atoms with Crippen molar-refractivity contribution in [2.45, 2.75) is 26.2 Å². The lowest BCUT2D eigenvalue weighted by Crippen LogP contribution is -2.28. The number of methoxy groups -OCH3 is 2. The lowest BCUT2D eigenvalue weighted by molar-refractivity contribution is 0.384. The number of benzene rings is 1. The molecule has 0 radical (unpaired) electrons. The maximum absolute atomic E-state index is 5.78. The summed E-state index contributed by atoms with van der Waals surface area (Å²) in [5.74, 6) is 1.69. The van der Waals surface area contributed by atoms with E-state index in [1.54, 1.807) is 14.2 Å². The molecule has 0 aliphatic heterocycles. The third kappa shape index (κ3) is 2.30. The van der Waals surface area contributed by atoms with Gasteiger partial charge >= 0.3 is 0 Å². The Bertz CT molecular complexity index is 347. The number of ether oxygens (including phenoxy) is 2. The molecular formula is C13H21NO2. The first kappa shape index (κ1) is 12.8. The molecule has 0 unspecified atom stereocenters. The van der Waals surface area contributed by atoms with Crippen molar-refractivity contribution < 1.29 is 9.47 Å². The van der Waals surface area contributed by atoms with Gasteiger partial charge in [0.2, 0.25) is 0 Å². The zero-order valence-corrected chi connectivity index (χ0v) is 10.8. The van der Waals surface area contributed by atoms with E-state index in [1.165, 1.54) is 0 Å². The van der Waals surface area contributed by atoms with Gasteiger partial charge in [-0.2, -0.15) is 0 Å². The number of nitrogens with two attached hydrogens (primary N) is 1. The summed E-state index contributed by atoms with van der Waals surface area (Å²) in [6.45, 7) is 6.78. The van der Waals surface area contributed by atoms with Crippen molar-refractivity contribution in [3.63, 3.8) is 0 Å². The minimum atomic E-state index is -0.0751. The molecule has 1 rings (SSSR count). The summed E-state index contributed by atoms with van der Waals surface area (Å²) in [4.78, 5) is 0. The fraction of sp³-hybridized carbons (Fsp3) is 0.538. The second kappa shape index (κ2) is 4.74. The molecule has 3 nitrogen and oxygen atoms in total. The van der Waals surface area contributed by atoms with Crippen LogP contribution in [0.1, 0.15) is 25.0 Å². The largest absolute Gasteiger partial charge is 0.496 e. The predicted molar refractivity (Wildman–Crippen MR) is 66.4 cm³/mol. The topological polar surface area (TPSA) is 44.5 Å². The van der Waals surface area contributed by atoms with Crippen LogP contribution >= 0.6 is 0 Å². The third-order valence-corrected chi connectivity index (χ3v) is 3.04. The van der Waals surface area contributed by atoms with E-state index in [1.807, 2.05) is 19.1 Å². The van der Waals surface area contributed by atoms with Gasteiger partial charge in [0.15, 0.2) is 0 Å². The highest BCUT2D eigenvalue weighted by molar-refractivity contribution is 5.49.